The summed E-state index contributed by atoms with van der Waals surface area (Å²) in [5.74, 6) is 0.128. The van der Waals surface area contributed by atoms with Crippen molar-refractivity contribution in [2.45, 2.75) is 13.8 Å². The standard InChI is InChI=1S/C16H12BrN5O2S/c1-7-12-9(15(23)19-14-13(17)8(2)20-21-14)6-10(11-4-3-5-25-11)18-16(12)24-22-7/h3-6H,1-2H3,(H2,19,20,21,23). The molecule has 0 aliphatic carbocycles. The molecule has 0 saturated carbocycles. The van der Waals surface area contributed by atoms with E-state index in [0.717, 1.165) is 10.6 Å². The molecule has 4 rings (SSSR count). The van der Waals surface area contributed by atoms with Crippen LogP contribution in [0.5, 0.6) is 0 Å². The van der Waals surface area contributed by atoms with E-state index >= 15 is 0 Å². The van der Waals surface area contributed by atoms with Gasteiger partial charge in [0.25, 0.3) is 11.6 Å². The SMILES string of the molecule is Cc1[nH]nc(NC(=O)c2cc(-c3cccs3)nc3onc(C)c23)c1Br. The molecule has 0 aliphatic rings. The first-order valence-electron chi connectivity index (χ1n) is 7.37. The van der Waals surface area contributed by atoms with Crippen molar-refractivity contribution in [2.24, 2.45) is 0 Å². The molecule has 0 fully saturated rings. The van der Waals surface area contributed by atoms with Gasteiger partial charge in [-0.1, -0.05) is 11.2 Å². The predicted molar refractivity (Wildman–Crippen MR) is 98.8 cm³/mol. The van der Waals surface area contributed by atoms with Crippen molar-refractivity contribution in [2.75, 3.05) is 5.32 Å². The summed E-state index contributed by atoms with van der Waals surface area (Å²) in [7, 11) is 0. The largest absolute Gasteiger partial charge is 0.335 e. The van der Waals surface area contributed by atoms with E-state index in [9.17, 15) is 4.79 Å². The van der Waals surface area contributed by atoms with Gasteiger partial charge in [0.1, 0.15) is 0 Å². The lowest BCUT2D eigenvalue weighted by Gasteiger charge is -2.06. The zero-order valence-corrected chi connectivity index (χ0v) is 15.7. The fourth-order valence-corrected chi connectivity index (χ4v) is 3.46. The molecule has 0 atom stereocenters. The number of fused-ring (bicyclic) bond motifs is 1. The monoisotopic (exact) mass is 417 g/mol. The number of anilines is 1. The number of thiophene rings is 1. The molecule has 0 radical (unpaired) electrons. The highest BCUT2D eigenvalue weighted by atomic mass is 79.9. The third kappa shape index (κ3) is 2.75. The zero-order valence-electron chi connectivity index (χ0n) is 13.3. The Labute approximate surface area is 154 Å². The lowest BCUT2D eigenvalue weighted by molar-refractivity contribution is 0.102. The van der Waals surface area contributed by atoms with Crippen molar-refractivity contribution in [1.82, 2.24) is 20.3 Å². The van der Waals surface area contributed by atoms with Crippen molar-refractivity contribution in [3.05, 3.63) is 45.0 Å². The number of nitrogens with one attached hydrogen (secondary N) is 2. The van der Waals surface area contributed by atoms with Gasteiger partial charge >= 0.3 is 0 Å². The highest BCUT2D eigenvalue weighted by molar-refractivity contribution is 9.10. The van der Waals surface area contributed by atoms with E-state index in [2.05, 4.69) is 41.6 Å². The van der Waals surface area contributed by atoms with E-state index in [-0.39, 0.29) is 5.91 Å². The fraction of sp³-hybridized carbons (Fsp3) is 0.125. The topological polar surface area (TPSA) is 96.7 Å². The van der Waals surface area contributed by atoms with Gasteiger partial charge in [-0.3, -0.25) is 9.89 Å². The third-order valence-corrected chi connectivity index (χ3v) is 5.60. The van der Waals surface area contributed by atoms with E-state index in [1.54, 1.807) is 24.3 Å². The van der Waals surface area contributed by atoms with E-state index in [0.29, 0.717) is 38.3 Å². The Morgan fingerprint density at radius 1 is 1.40 bits per heavy atom. The molecule has 9 heteroatoms. The van der Waals surface area contributed by atoms with Crippen LogP contribution in [0.2, 0.25) is 0 Å². The number of pyridine rings is 1. The number of carbonyl (C=O) groups excluding carboxylic acids is 1. The summed E-state index contributed by atoms with van der Waals surface area (Å²) < 4.78 is 6.00. The van der Waals surface area contributed by atoms with Crippen molar-refractivity contribution in [3.63, 3.8) is 0 Å². The fourth-order valence-electron chi connectivity index (χ4n) is 2.50. The molecule has 0 spiro atoms. The van der Waals surface area contributed by atoms with Crippen LogP contribution in [0.3, 0.4) is 0 Å². The number of aryl methyl sites for hydroxylation is 2. The van der Waals surface area contributed by atoms with Crippen molar-refractivity contribution in [3.8, 4) is 10.6 Å². The molecule has 126 valence electrons. The van der Waals surface area contributed by atoms with Gasteiger partial charge in [-0.2, -0.15) is 5.10 Å². The first-order chi connectivity index (χ1) is 12.0. The first-order valence-corrected chi connectivity index (χ1v) is 9.04. The van der Waals surface area contributed by atoms with Gasteiger partial charge in [-0.25, -0.2) is 4.98 Å². The molecule has 0 aromatic carbocycles. The van der Waals surface area contributed by atoms with Crippen LogP contribution < -0.4 is 5.32 Å². The van der Waals surface area contributed by atoms with Crippen LogP contribution in [0.4, 0.5) is 5.82 Å². The molecule has 0 saturated heterocycles. The maximum absolute atomic E-state index is 12.9. The molecular weight excluding hydrogens is 406 g/mol. The number of nitrogens with zero attached hydrogens (tertiary/aromatic N) is 3. The Bertz CT molecular complexity index is 1080. The number of hydrogen-bond acceptors (Lipinski definition) is 6. The third-order valence-electron chi connectivity index (χ3n) is 3.74. The predicted octanol–water partition coefficient (Wildman–Crippen LogP) is 4.31. The molecule has 4 heterocycles. The summed E-state index contributed by atoms with van der Waals surface area (Å²) in [5, 5.41) is 16.2. The molecule has 4 aromatic rings. The summed E-state index contributed by atoms with van der Waals surface area (Å²) in [5.41, 5.74) is 2.89. The molecule has 4 aromatic heterocycles. The van der Waals surface area contributed by atoms with Gasteiger partial charge < -0.3 is 9.84 Å². The summed E-state index contributed by atoms with van der Waals surface area (Å²) in [6.07, 6.45) is 0. The van der Waals surface area contributed by atoms with Gasteiger partial charge in [-0.05, 0) is 47.3 Å². The lowest BCUT2D eigenvalue weighted by atomic mass is 10.1. The Morgan fingerprint density at radius 3 is 2.92 bits per heavy atom. The normalized spacial score (nSPS) is 11.2. The number of halogens is 1. The molecular formula is C16H12BrN5O2S. The Morgan fingerprint density at radius 2 is 2.24 bits per heavy atom. The highest BCUT2D eigenvalue weighted by Crippen LogP contribution is 2.30. The smallest absolute Gasteiger partial charge is 0.259 e. The van der Waals surface area contributed by atoms with E-state index in [4.69, 9.17) is 4.52 Å². The second-order valence-corrected chi connectivity index (χ2v) is 7.19. The van der Waals surface area contributed by atoms with Gasteiger partial charge in [0, 0.05) is 5.69 Å². The Balaban J connectivity index is 1.83. The minimum atomic E-state index is -0.302. The number of aromatic amines is 1. The molecule has 2 N–H and O–H groups in total. The van der Waals surface area contributed by atoms with E-state index in [1.165, 1.54) is 0 Å². The van der Waals surface area contributed by atoms with Crippen LogP contribution in [0.25, 0.3) is 21.7 Å². The van der Waals surface area contributed by atoms with Crippen LogP contribution >= 0.6 is 27.3 Å². The highest BCUT2D eigenvalue weighted by Gasteiger charge is 2.21. The molecule has 0 aliphatic heterocycles. The number of aromatic nitrogens is 4. The second-order valence-electron chi connectivity index (χ2n) is 5.45. The van der Waals surface area contributed by atoms with Gasteiger partial charge in [-0.15, -0.1) is 11.3 Å². The van der Waals surface area contributed by atoms with E-state index < -0.39 is 0 Å². The van der Waals surface area contributed by atoms with Crippen LogP contribution in [0, 0.1) is 13.8 Å². The van der Waals surface area contributed by atoms with Crippen molar-refractivity contribution < 1.29 is 9.32 Å². The average Bonchev–Trinajstić information content (AvgIpc) is 3.32. The number of H-pyrrole nitrogens is 1. The number of amides is 1. The number of hydrogen-bond donors (Lipinski definition) is 2. The summed E-state index contributed by atoms with van der Waals surface area (Å²) in [6, 6.07) is 5.62. The first kappa shape index (κ1) is 16.0. The number of carbonyl (C=O) groups is 1. The molecule has 0 bridgehead atoms. The van der Waals surface area contributed by atoms with Crippen molar-refractivity contribution in [1.29, 1.82) is 0 Å². The second kappa shape index (κ2) is 6.08. The van der Waals surface area contributed by atoms with Crippen molar-refractivity contribution >= 4 is 50.1 Å². The lowest BCUT2D eigenvalue weighted by Crippen LogP contribution is -2.13. The van der Waals surface area contributed by atoms with Crippen LogP contribution in [0.15, 0.2) is 32.6 Å². The number of rotatable bonds is 3. The van der Waals surface area contributed by atoms with Gasteiger partial charge in [0.05, 0.1) is 31.7 Å². The Kier molecular flexibility index (Phi) is 3.89. The maximum atomic E-state index is 12.9. The molecule has 0 unspecified atom stereocenters. The molecule has 1 amide bonds. The minimum Gasteiger partial charge on any atom is -0.335 e. The molecule has 25 heavy (non-hydrogen) atoms. The van der Waals surface area contributed by atoms with E-state index in [1.807, 2.05) is 24.4 Å². The maximum Gasteiger partial charge on any atom is 0.259 e. The average molecular weight is 418 g/mol. The van der Waals surface area contributed by atoms with Crippen LogP contribution in [-0.4, -0.2) is 26.2 Å². The van der Waals surface area contributed by atoms with Gasteiger partial charge in [0.15, 0.2) is 5.82 Å². The van der Waals surface area contributed by atoms with Crippen LogP contribution in [0.1, 0.15) is 21.7 Å². The zero-order chi connectivity index (χ0) is 17.6. The van der Waals surface area contributed by atoms with Crippen LogP contribution in [-0.2, 0) is 0 Å². The Hall–Kier alpha value is -2.52. The minimum absolute atomic E-state index is 0.302. The summed E-state index contributed by atoms with van der Waals surface area (Å²) in [6.45, 7) is 3.64. The summed E-state index contributed by atoms with van der Waals surface area (Å²) in [4.78, 5) is 18.3. The summed E-state index contributed by atoms with van der Waals surface area (Å²) >= 11 is 4.94. The van der Waals surface area contributed by atoms with Gasteiger partial charge in [0.2, 0.25) is 0 Å². The molecule has 7 nitrogen and oxygen atoms in total. The quantitative estimate of drug-likeness (QED) is 0.517.